The van der Waals surface area contributed by atoms with E-state index in [1.807, 2.05) is 32.4 Å². The zero-order valence-electron chi connectivity index (χ0n) is 17.2. The maximum Gasteiger partial charge on any atom is 0.419 e. The molecule has 3 aromatic rings. The van der Waals surface area contributed by atoms with Crippen molar-refractivity contribution >= 4 is 16.5 Å². The van der Waals surface area contributed by atoms with Crippen molar-refractivity contribution in [2.45, 2.75) is 37.7 Å². The molecule has 2 aromatic carbocycles. The maximum absolute atomic E-state index is 13.4. The first-order valence-corrected chi connectivity index (χ1v) is 10.0. The molecule has 31 heavy (non-hydrogen) atoms. The van der Waals surface area contributed by atoms with Gasteiger partial charge in [0, 0.05) is 50.1 Å². The van der Waals surface area contributed by atoms with E-state index in [4.69, 9.17) is 4.74 Å². The Morgan fingerprint density at radius 3 is 2.61 bits per heavy atom. The number of halogens is 4. The molecule has 0 aliphatic heterocycles. The molecule has 0 bridgehead atoms. The molecule has 164 valence electrons. The van der Waals surface area contributed by atoms with Crippen molar-refractivity contribution in [3.63, 3.8) is 0 Å². The summed E-state index contributed by atoms with van der Waals surface area (Å²) in [5.41, 5.74) is 0.979. The Kier molecular flexibility index (Phi) is 5.75. The van der Waals surface area contributed by atoms with Crippen LogP contribution in [-0.4, -0.2) is 31.2 Å². The van der Waals surface area contributed by atoms with Crippen LogP contribution in [-0.2, 0) is 12.7 Å². The normalized spacial score (nSPS) is 18.6. The Hall–Kier alpha value is -2.87. The molecule has 1 N–H and O–H groups in total. The van der Waals surface area contributed by atoms with Crippen LogP contribution < -0.4 is 15.0 Å². The van der Waals surface area contributed by atoms with Gasteiger partial charge in [0.15, 0.2) is 0 Å². The Morgan fingerprint density at radius 2 is 1.90 bits per heavy atom. The van der Waals surface area contributed by atoms with Crippen LogP contribution in [0.1, 0.15) is 24.0 Å². The van der Waals surface area contributed by atoms with Crippen molar-refractivity contribution in [1.82, 2.24) is 10.3 Å². The molecule has 4 rings (SSSR count). The minimum Gasteiger partial charge on any atom is -0.490 e. The summed E-state index contributed by atoms with van der Waals surface area (Å²) >= 11 is 0. The number of nitrogens with zero attached hydrogens (tertiary/aromatic N) is 2. The van der Waals surface area contributed by atoms with E-state index in [0.717, 1.165) is 28.6 Å². The van der Waals surface area contributed by atoms with Crippen molar-refractivity contribution in [1.29, 1.82) is 0 Å². The van der Waals surface area contributed by atoms with Gasteiger partial charge >= 0.3 is 6.18 Å². The third kappa shape index (κ3) is 4.58. The molecule has 0 atom stereocenters. The van der Waals surface area contributed by atoms with Crippen molar-refractivity contribution in [2.75, 3.05) is 19.0 Å². The van der Waals surface area contributed by atoms with E-state index in [1.165, 1.54) is 11.6 Å². The van der Waals surface area contributed by atoms with Gasteiger partial charge < -0.3 is 15.0 Å². The smallest absolute Gasteiger partial charge is 0.419 e. The van der Waals surface area contributed by atoms with E-state index in [2.05, 4.69) is 21.3 Å². The minimum atomic E-state index is -4.74. The van der Waals surface area contributed by atoms with Crippen LogP contribution in [0.5, 0.6) is 5.75 Å². The van der Waals surface area contributed by atoms with Gasteiger partial charge in [0.1, 0.15) is 17.7 Å². The Labute approximate surface area is 177 Å². The SMILES string of the molecule is CN(C)c1ccc2cnccc2c1CN[C@H]1C[C@H](Oc2ccc(F)c(C(F)(F)F)c2)C1. The number of fused-ring (bicyclic) bond motifs is 1. The standard InChI is InChI=1S/C23H23F4N3O/c1-30(2)22-6-3-14-12-28-8-7-18(14)19(22)13-29-15-9-17(10-15)31-16-4-5-21(24)20(11-16)23(25,26)27/h3-8,11-12,15,17,29H,9-10,13H2,1-2H3/t15-,17-. The first-order chi connectivity index (χ1) is 14.7. The predicted molar refractivity (Wildman–Crippen MR) is 112 cm³/mol. The third-order valence-corrected chi connectivity index (χ3v) is 5.60. The molecule has 1 heterocycles. The number of benzene rings is 2. The second-order valence-electron chi connectivity index (χ2n) is 7.98. The lowest BCUT2D eigenvalue weighted by atomic mass is 9.88. The highest BCUT2D eigenvalue weighted by atomic mass is 19.4. The number of alkyl halides is 3. The fourth-order valence-electron chi connectivity index (χ4n) is 3.89. The van der Waals surface area contributed by atoms with E-state index in [-0.39, 0.29) is 17.9 Å². The Bertz CT molecular complexity index is 1080. The molecule has 1 fully saturated rings. The van der Waals surface area contributed by atoms with Crippen LogP contribution in [0.4, 0.5) is 23.2 Å². The molecular weight excluding hydrogens is 410 g/mol. The van der Waals surface area contributed by atoms with Gasteiger partial charge in [-0.05, 0) is 54.1 Å². The van der Waals surface area contributed by atoms with Gasteiger partial charge in [0.25, 0.3) is 0 Å². The second kappa shape index (κ2) is 8.34. The van der Waals surface area contributed by atoms with Crippen molar-refractivity contribution < 1.29 is 22.3 Å². The van der Waals surface area contributed by atoms with Crippen molar-refractivity contribution in [3.8, 4) is 5.75 Å². The monoisotopic (exact) mass is 433 g/mol. The number of pyridine rings is 1. The highest BCUT2D eigenvalue weighted by Crippen LogP contribution is 2.35. The zero-order chi connectivity index (χ0) is 22.2. The van der Waals surface area contributed by atoms with Crippen molar-refractivity contribution in [2.24, 2.45) is 0 Å². The van der Waals surface area contributed by atoms with Crippen LogP contribution in [0.25, 0.3) is 10.8 Å². The van der Waals surface area contributed by atoms with Gasteiger partial charge in [-0.25, -0.2) is 4.39 Å². The molecule has 1 aromatic heterocycles. The summed E-state index contributed by atoms with van der Waals surface area (Å²) < 4.78 is 57.7. The van der Waals surface area contributed by atoms with Crippen LogP contribution >= 0.6 is 0 Å². The maximum atomic E-state index is 13.4. The number of anilines is 1. The number of nitrogens with one attached hydrogen (secondary N) is 1. The molecule has 0 radical (unpaired) electrons. The topological polar surface area (TPSA) is 37.4 Å². The third-order valence-electron chi connectivity index (χ3n) is 5.60. The molecule has 0 amide bonds. The van der Waals surface area contributed by atoms with Crippen LogP contribution in [0.15, 0.2) is 48.8 Å². The summed E-state index contributed by atoms with van der Waals surface area (Å²) in [6.07, 6.45) is 0.00420. The summed E-state index contributed by atoms with van der Waals surface area (Å²) in [5, 5.41) is 5.71. The van der Waals surface area contributed by atoms with Gasteiger partial charge in [0.2, 0.25) is 0 Å². The molecular formula is C23H23F4N3O. The van der Waals surface area contributed by atoms with Crippen LogP contribution in [0, 0.1) is 5.82 Å². The lowest BCUT2D eigenvalue weighted by Gasteiger charge is -2.36. The van der Waals surface area contributed by atoms with E-state index < -0.39 is 17.6 Å². The fraction of sp³-hybridized carbons (Fsp3) is 0.348. The molecule has 1 saturated carbocycles. The van der Waals surface area contributed by atoms with Crippen molar-refractivity contribution in [3.05, 3.63) is 65.7 Å². The largest absolute Gasteiger partial charge is 0.490 e. The Morgan fingerprint density at radius 1 is 1.13 bits per heavy atom. The predicted octanol–water partition coefficient (Wildman–Crippen LogP) is 5.16. The molecule has 1 aliphatic rings. The van der Waals surface area contributed by atoms with E-state index in [9.17, 15) is 17.6 Å². The van der Waals surface area contributed by atoms with Gasteiger partial charge in [-0.2, -0.15) is 13.2 Å². The van der Waals surface area contributed by atoms with E-state index >= 15 is 0 Å². The molecule has 8 heteroatoms. The second-order valence-corrected chi connectivity index (χ2v) is 7.98. The summed E-state index contributed by atoms with van der Waals surface area (Å²) in [6, 6.07) is 9.07. The van der Waals surface area contributed by atoms with Gasteiger partial charge in [-0.3, -0.25) is 4.98 Å². The highest BCUT2D eigenvalue weighted by Gasteiger charge is 2.35. The summed E-state index contributed by atoms with van der Waals surface area (Å²) in [6.45, 7) is 0.654. The first-order valence-electron chi connectivity index (χ1n) is 10.0. The summed E-state index contributed by atoms with van der Waals surface area (Å²) in [5.74, 6) is -1.26. The number of hydrogen-bond donors (Lipinski definition) is 1. The van der Waals surface area contributed by atoms with Gasteiger partial charge in [-0.15, -0.1) is 0 Å². The molecule has 4 nitrogen and oxygen atoms in total. The van der Waals surface area contributed by atoms with E-state index in [1.54, 1.807) is 6.20 Å². The van der Waals surface area contributed by atoms with Gasteiger partial charge in [0.05, 0.1) is 5.56 Å². The van der Waals surface area contributed by atoms with E-state index in [0.29, 0.717) is 19.4 Å². The molecule has 1 aliphatic carbocycles. The summed E-state index contributed by atoms with van der Waals surface area (Å²) in [4.78, 5) is 6.25. The zero-order valence-corrected chi connectivity index (χ0v) is 17.2. The molecule has 0 spiro atoms. The average Bonchev–Trinajstić information content (AvgIpc) is 2.69. The average molecular weight is 433 g/mol. The lowest BCUT2D eigenvalue weighted by molar-refractivity contribution is -0.140. The van der Waals surface area contributed by atoms with Crippen LogP contribution in [0.3, 0.4) is 0 Å². The number of ether oxygens (including phenoxy) is 1. The quantitative estimate of drug-likeness (QED) is 0.545. The lowest BCUT2D eigenvalue weighted by Crippen LogP contribution is -2.46. The Balaban J connectivity index is 1.38. The minimum absolute atomic E-state index is 0.0358. The number of hydrogen-bond acceptors (Lipinski definition) is 4. The van der Waals surface area contributed by atoms with Crippen LogP contribution in [0.2, 0.25) is 0 Å². The van der Waals surface area contributed by atoms with Gasteiger partial charge in [-0.1, -0.05) is 6.07 Å². The highest BCUT2D eigenvalue weighted by molar-refractivity contribution is 5.89. The number of rotatable bonds is 6. The number of aromatic nitrogens is 1. The summed E-state index contributed by atoms with van der Waals surface area (Å²) in [7, 11) is 3.99. The fourth-order valence-corrected chi connectivity index (χ4v) is 3.89. The molecule has 0 unspecified atom stereocenters. The first kappa shape index (κ1) is 21.4. The molecule has 0 saturated heterocycles.